The van der Waals surface area contributed by atoms with Gasteiger partial charge in [0.05, 0.1) is 5.56 Å². The van der Waals surface area contributed by atoms with Crippen molar-refractivity contribution in [1.29, 1.82) is 0 Å². The van der Waals surface area contributed by atoms with E-state index in [4.69, 9.17) is 11.6 Å². The van der Waals surface area contributed by atoms with Crippen LogP contribution in [0.15, 0.2) is 41.1 Å². The van der Waals surface area contributed by atoms with E-state index in [1.54, 1.807) is 25.4 Å². The van der Waals surface area contributed by atoms with Crippen molar-refractivity contribution in [2.45, 2.75) is 6.54 Å². The van der Waals surface area contributed by atoms with E-state index >= 15 is 0 Å². The number of pyridine rings is 1. The molecule has 2 aromatic rings. The van der Waals surface area contributed by atoms with Crippen LogP contribution in [0.1, 0.15) is 15.9 Å². The number of hydrogen-bond donors (Lipinski definition) is 0. The van der Waals surface area contributed by atoms with Gasteiger partial charge in [0.1, 0.15) is 5.82 Å². The molecule has 0 unspecified atom stereocenters. The van der Waals surface area contributed by atoms with Crippen LogP contribution in [0.25, 0.3) is 0 Å². The number of carbonyl (C=O) groups is 1. The highest BCUT2D eigenvalue weighted by molar-refractivity contribution is 9.10. The third-order valence-corrected chi connectivity index (χ3v) is 3.54. The molecule has 0 fully saturated rings. The van der Waals surface area contributed by atoms with Crippen molar-refractivity contribution < 1.29 is 9.18 Å². The van der Waals surface area contributed by atoms with Crippen molar-refractivity contribution in [3.63, 3.8) is 0 Å². The molecule has 0 radical (unpaired) electrons. The summed E-state index contributed by atoms with van der Waals surface area (Å²) in [5, 5.41) is 0.303. The summed E-state index contributed by atoms with van der Waals surface area (Å²) < 4.78 is 14.4. The van der Waals surface area contributed by atoms with Gasteiger partial charge in [-0.05, 0) is 34.1 Å². The number of halogens is 3. The molecule has 0 N–H and O–H groups in total. The van der Waals surface area contributed by atoms with Crippen LogP contribution in [-0.4, -0.2) is 22.8 Å². The lowest BCUT2D eigenvalue weighted by Crippen LogP contribution is -2.27. The minimum Gasteiger partial charge on any atom is -0.337 e. The summed E-state index contributed by atoms with van der Waals surface area (Å²) in [4.78, 5) is 17.6. The zero-order valence-corrected chi connectivity index (χ0v) is 12.9. The molecule has 6 heteroatoms. The lowest BCUT2D eigenvalue weighted by Gasteiger charge is -2.18. The second kappa shape index (κ2) is 6.33. The SMILES string of the molecule is CN(Cc1c(F)cccc1Cl)C(=O)c1cncc(Br)c1. The molecule has 104 valence electrons. The Balaban J connectivity index is 2.20. The Labute approximate surface area is 129 Å². The number of aromatic nitrogens is 1. The van der Waals surface area contributed by atoms with Gasteiger partial charge in [0, 0.05) is 41.0 Å². The number of nitrogens with zero attached hydrogens (tertiary/aromatic N) is 2. The van der Waals surface area contributed by atoms with Gasteiger partial charge >= 0.3 is 0 Å². The lowest BCUT2D eigenvalue weighted by molar-refractivity contribution is 0.0783. The number of hydrogen-bond acceptors (Lipinski definition) is 2. The van der Waals surface area contributed by atoms with Gasteiger partial charge in [0.15, 0.2) is 0 Å². The average Bonchev–Trinajstić information content (AvgIpc) is 2.42. The van der Waals surface area contributed by atoms with Crippen LogP contribution in [0.5, 0.6) is 0 Å². The molecular weight excluding hydrogens is 347 g/mol. The first-order chi connectivity index (χ1) is 9.49. The molecule has 1 aromatic carbocycles. The fraction of sp³-hybridized carbons (Fsp3) is 0.143. The Morgan fingerprint density at radius 1 is 1.45 bits per heavy atom. The van der Waals surface area contributed by atoms with E-state index in [-0.39, 0.29) is 12.5 Å². The van der Waals surface area contributed by atoms with E-state index < -0.39 is 5.82 Å². The molecule has 0 saturated heterocycles. The Hall–Kier alpha value is -1.46. The van der Waals surface area contributed by atoms with Crippen molar-refractivity contribution in [3.8, 4) is 0 Å². The third-order valence-electron chi connectivity index (χ3n) is 2.76. The molecule has 0 saturated carbocycles. The molecule has 0 bridgehead atoms. The molecule has 0 spiro atoms. The van der Waals surface area contributed by atoms with Crippen molar-refractivity contribution in [2.24, 2.45) is 0 Å². The molecule has 1 aromatic heterocycles. The zero-order chi connectivity index (χ0) is 14.7. The topological polar surface area (TPSA) is 33.2 Å². The predicted molar refractivity (Wildman–Crippen MR) is 79.1 cm³/mol. The monoisotopic (exact) mass is 356 g/mol. The number of amides is 1. The molecule has 3 nitrogen and oxygen atoms in total. The van der Waals surface area contributed by atoms with E-state index in [2.05, 4.69) is 20.9 Å². The van der Waals surface area contributed by atoms with Gasteiger partial charge in [-0.2, -0.15) is 0 Å². The highest BCUT2D eigenvalue weighted by Gasteiger charge is 2.16. The zero-order valence-electron chi connectivity index (χ0n) is 10.6. The molecule has 0 aliphatic carbocycles. The maximum absolute atomic E-state index is 13.7. The molecule has 1 heterocycles. The highest BCUT2D eigenvalue weighted by atomic mass is 79.9. The summed E-state index contributed by atoms with van der Waals surface area (Å²) in [5.74, 6) is -0.678. The molecule has 0 atom stereocenters. The summed E-state index contributed by atoms with van der Waals surface area (Å²) in [6, 6.07) is 6.11. The standard InChI is InChI=1S/C14H11BrClFN2O/c1-19(8-11-12(16)3-2-4-13(11)17)14(20)9-5-10(15)7-18-6-9/h2-7H,8H2,1H3. The first kappa shape index (κ1) is 14.9. The minimum atomic E-state index is -0.426. The van der Waals surface area contributed by atoms with E-state index in [1.807, 2.05) is 0 Å². The molecule has 1 amide bonds. The van der Waals surface area contributed by atoms with Gasteiger partial charge in [-0.15, -0.1) is 0 Å². The average molecular weight is 358 g/mol. The Morgan fingerprint density at radius 2 is 2.20 bits per heavy atom. The van der Waals surface area contributed by atoms with Crippen LogP contribution in [0.2, 0.25) is 5.02 Å². The van der Waals surface area contributed by atoms with Crippen molar-refractivity contribution in [3.05, 3.63) is 63.1 Å². The van der Waals surface area contributed by atoms with Crippen molar-refractivity contribution in [2.75, 3.05) is 7.05 Å². The van der Waals surface area contributed by atoms with Crippen LogP contribution in [0.3, 0.4) is 0 Å². The first-order valence-corrected chi connectivity index (χ1v) is 6.95. The second-order valence-corrected chi connectivity index (χ2v) is 5.58. The van der Waals surface area contributed by atoms with Gasteiger partial charge in [-0.25, -0.2) is 4.39 Å². The molecule has 0 aliphatic rings. The van der Waals surface area contributed by atoms with E-state index in [1.165, 1.54) is 23.2 Å². The smallest absolute Gasteiger partial charge is 0.255 e. The van der Waals surface area contributed by atoms with E-state index in [9.17, 15) is 9.18 Å². The molecule has 0 aliphatic heterocycles. The van der Waals surface area contributed by atoms with Crippen LogP contribution in [-0.2, 0) is 6.54 Å². The first-order valence-electron chi connectivity index (χ1n) is 5.78. The predicted octanol–water partition coefficient (Wildman–Crippen LogP) is 3.91. The van der Waals surface area contributed by atoms with Crippen LogP contribution in [0.4, 0.5) is 4.39 Å². The van der Waals surface area contributed by atoms with Gasteiger partial charge in [0.25, 0.3) is 5.91 Å². The number of carbonyl (C=O) groups excluding carboxylic acids is 1. The van der Waals surface area contributed by atoms with E-state index in [0.29, 0.717) is 20.6 Å². The summed E-state index contributed by atoms with van der Waals surface area (Å²) >= 11 is 9.21. The highest BCUT2D eigenvalue weighted by Crippen LogP contribution is 2.21. The fourth-order valence-corrected chi connectivity index (χ4v) is 2.33. The summed E-state index contributed by atoms with van der Waals surface area (Å²) in [6.45, 7) is 0.0941. The Bertz CT molecular complexity index is 631. The quantitative estimate of drug-likeness (QED) is 0.834. The summed E-state index contributed by atoms with van der Waals surface area (Å²) in [6.07, 6.45) is 3.05. The number of benzene rings is 1. The largest absolute Gasteiger partial charge is 0.337 e. The van der Waals surface area contributed by atoms with Gasteiger partial charge < -0.3 is 4.90 Å². The normalized spacial score (nSPS) is 10.4. The number of rotatable bonds is 3. The van der Waals surface area contributed by atoms with Gasteiger partial charge in [0.2, 0.25) is 0 Å². The lowest BCUT2D eigenvalue weighted by atomic mass is 10.2. The second-order valence-electron chi connectivity index (χ2n) is 4.25. The molecule has 2 rings (SSSR count). The maximum atomic E-state index is 13.7. The van der Waals surface area contributed by atoms with Crippen molar-refractivity contribution in [1.82, 2.24) is 9.88 Å². The maximum Gasteiger partial charge on any atom is 0.255 e. The molecular formula is C14H11BrClFN2O. The van der Waals surface area contributed by atoms with Gasteiger partial charge in [-0.3, -0.25) is 9.78 Å². The molecule has 20 heavy (non-hydrogen) atoms. The van der Waals surface area contributed by atoms with Crippen LogP contribution in [0, 0.1) is 5.82 Å². The van der Waals surface area contributed by atoms with Crippen molar-refractivity contribution >= 4 is 33.4 Å². The Kier molecular flexibility index (Phi) is 4.73. The van der Waals surface area contributed by atoms with Gasteiger partial charge in [-0.1, -0.05) is 17.7 Å². The third kappa shape index (κ3) is 3.35. The Morgan fingerprint density at radius 3 is 2.85 bits per heavy atom. The van der Waals surface area contributed by atoms with Crippen LogP contribution < -0.4 is 0 Å². The van der Waals surface area contributed by atoms with Crippen LogP contribution >= 0.6 is 27.5 Å². The summed E-state index contributed by atoms with van der Waals surface area (Å²) in [5.41, 5.74) is 0.724. The summed E-state index contributed by atoms with van der Waals surface area (Å²) in [7, 11) is 1.59. The fourth-order valence-electron chi connectivity index (χ4n) is 1.74. The minimum absolute atomic E-state index is 0.0941. The van der Waals surface area contributed by atoms with E-state index in [0.717, 1.165) is 0 Å².